The molecule has 0 saturated carbocycles. The van der Waals surface area contributed by atoms with E-state index >= 15 is 0 Å². The van der Waals surface area contributed by atoms with Gasteiger partial charge in [0.2, 0.25) is 0 Å². The molecule has 0 aromatic rings. The third kappa shape index (κ3) is 9.47. The van der Waals surface area contributed by atoms with Crippen molar-refractivity contribution in [3.63, 3.8) is 0 Å². The van der Waals surface area contributed by atoms with Crippen LogP contribution in [0.2, 0.25) is 8.87 Å². The van der Waals surface area contributed by atoms with Crippen LogP contribution in [0.15, 0.2) is 23.3 Å². The van der Waals surface area contributed by atoms with Gasteiger partial charge < -0.3 is 0 Å². The van der Waals surface area contributed by atoms with Crippen molar-refractivity contribution < 1.29 is 15.7 Å². The van der Waals surface area contributed by atoms with Crippen molar-refractivity contribution in [3.05, 3.63) is 23.3 Å². The van der Waals surface area contributed by atoms with Crippen molar-refractivity contribution in [1.82, 2.24) is 0 Å². The number of hydrogen-bond acceptors (Lipinski definition) is 4. The molecular weight excluding hydrogens is 423 g/mol. The van der Waals surface area contributed by atoms with Crippen molar-refractivity contribution in [2.45, 2.75) is 78.1 Å². The van der Waals surface area contributed by atoms with Gasteiger partial charge in [0.05, 0.1) is 0 Å². The molecular formula is C20H36O4Sn. The van der Waals surface area contributed by atoms with Crippen LogP contribution in [0.5, 0.6) is 0 Å². The van der Waals surface area contributed by atoms with E-state index in [1.807, 2.05) is 81.4 Å². The molecule has 0 spiro atoms. The standard InChI is InChI=1S/2C5H10O2.2C5H9.Sn/c2*1-5(2,3)4(6)7;2*1-4-5(2)3;/h2*1-3H3,(H,6,7);2*4H,1H2,2-3H3;/q;;;;+2/p-2. The molecule has 0 unspecified atom stereocenters. The van der Waals surface area contributed by atoms with E-state index in [4.69, 9.17) is 6.15 Å². The summed E-state index contributed by atoms with van der Waals surface area (Å²) in [6.07, 6.45) is 4.06. The molecule has 0 bridgehead atoms. The molecule has 0 N–H and O–H groups in total. The van der Waals surface area contributed by atoms with E-state index < -0.39 is 30.0 Å². The first kappa shape index (κ1) is 24.2. The Morgan fingerprint density at radius 1 is 0.720 bits per heavy atom. The molecule has 144 valence electrons. The van der Waals surface area contributed by atoms with E-state index in [0.29, 0.717) is 8.87 Å². The zero-order chi connectivity index (χ0) is 20.1. The number of rotatable bonds is 6. The van der Waals surface area contributed by atoms with Crippen LogP contribution in [0.3, 0.4) is 0 Å². The van der Waals surface area contributed by atoms with Crippen LogP contribution in [0, 0.1) is 10.8 Å². The van der Waals surface area contributed by atoms with Crippen molar-refractivity contribution in [1.29, 1.82) is 0 Å². The molecule has 0 atom stereocenters. The maximum atomic E-state index is 12.6. The summed E-state index contributed by atoms with van der Waals surface area (Å²) in [5, 5.41) is 0. The van der Waals surface area contributed by atoms with Crippen LogP contribution >= 0.6 is 0 Å². The molecule has 4 nitrogen and oxygen atoms in total. The molecule has 0 rings (SSSR count). The first-order valence-electron chi connectivity index (χ1n) is 8.83. The molecule has 0 aromatic carbocycles. The predicted octanol–water partition coefficient (Wildman–Crippen LogP) is 5.54. The van der Waals surface area contributed by atoms with Gasteiger partial charge in [-0.25, -0.2) is 0 Å². The molecule has 0 radical (unpaired) electrons. The van der Waals surface area contributed by atoms with E-state index in [0.717, 1.165) is 11.1 Å². The van der Waals surface area contributed by atoms with E-state index in [1.54, 1.807) is 0 Å². The van der Waals surface area contributed by atoms with E-state index in [2.05, 4.69) is 0 Å². The zero-order valence-corrected chi connectivity index (χ0v) is 20.6. The molecule has 0 heterocycles. The molecule has 0 aliphatic heterocycles. The second-order valence-electron chi connectivity index (χ2n) is 9.16. The Kier molecular flexibility index (Phi) is 8.95. The number of carbonyl (C=O) groups excluding carboxylic acids is 2. The normalized spacial score (nSPS) is 12.2. The quantitative estimate of drug-likeness (QED) is 0.387. The third-order valence-corrected chi connectivity index (χ3v) is 11.3. The molecule has 25 heavy (non-hydrogen) atoms. The Bertz CT molecular complexity index is 487. The van der Waals surface area contributed by atoms with Gasteiger partial charge in [-0.2, -0.15) is 0 Å². The fourth-order valence-electron chi connectivity index (χ4n) is 1.63. The van der Waals surface area contributed by atoms with Gasteiger partial charge in [-0.05, 0) is 0 Å². The third-order valence-electron chi connectivity index (χ3n) is 3.42. The van der Waals surface area contributed by atoms with Gasteiger partial charge in [-0.3, -0.25) is 0 Å². The van der Waals surface area contributed by atoms with Crippen LogP contribution in [0.1, 0.15) is 69.2 Å². The molecule has 0 aromatic heterocycles. The summed E-state index contributed by atoms with van der Waals surface area (Å²) in [5.41, 5.74) is 0.979. The molecule has 0 fully saturated rings. The Labute approximate surface area is 159 Å². The van der Waals surface area contributed by atoms with Crippen molar-refractivity contribution in [3.8, 4) is 0 Å². The summed E-state index contributed by atoms with van der Waals surface area (Å²) in [5.74, 6) is -0.594. The van der Waals surface area contributed by atoms with Crippen molar-refractivity contribution >= 4 is 31.1 Å². The first-order chi connectivity index (χ1) is 11.1. The van der Waals surface area contributed by atoms with Crippen molar-refractivity contribution in [2.24, 2.45) is 10.8 Å². The van der Waals surface area contributed by atoms with E-state index in [-0.39, 0.29) is 11.9 Å². The van der Waals surface area contributed by atoms with Gasteiger partial charge >= 0.3 is 159 Å². The van der Waals surface area contributed by atoms with Gasteiger partial charge in [0.25, 0.3) is 0 Å². The fourth-order valence-corrected chi connectivity index (χ4v) is 11.0. The average molecular weight is 459 g/mol. The fraction of sp³-hybridized carbons (Fsp3) is 0.700. The molecule has 0 saturated heterocycles. The summed E-state index contributed by atoms with van der Waals surface area (Å²) in [4.78, 5) is 25.2. The summed E-state index contributed by atoms with van der Waals surface area (Å²) in [7, 11) is 0. The molecule has 0 aliphatic rings. The van der Waals surface area contributed by atoms with Gasteiger partial charge in [0, 0.05) is 0 Å². The second-order valence-corrected chi connectivity index (χ2v) is 17.9. The number of carbonyl (C=O) groups is 2. The molecule has 0 aliphatic carbocycles. The first-order valence-corrected chi connectivity index (χ1v) is 15.2. The van der Waals surface area contributed by atoms with Crippen molar-refractivity contribution in [2.75, 3.05) is 0 Å². The SMILES string of the molecule is CC(C)=C[CH2][Sn]([CH2]C=C(C)C)([O]C(=O)C(C)(C)C)[O]C(=O)C(C)(C)C. The topological polar surface area (TPSA) is 52.6 Å². The van der Waals surface area contributed by atoms with Gasteiger partial charge in [-0.1, -0.05) is 0 Å². The Morgan fingerprint density at radius 2 is 1.00 bits per heavy atom. The minimum absolute atomic E-state index is 0.297. The van der Waals surface area contributed by atoms with Crippen LogP contribution in [-0.4, -0.2) is 31.1 Å². The van der Waals surface area contributed by atoms with Gasteiger partial charge in [-0.15, -0.1) is 0 Å². The Balaban J connectivity index is 5.94. The number of allylic oxidation sites excluding steroid dienone is 4. The summed E-state index contributed by atoms with van der Waals surface area (Å²) in [6, 6.07) is 0. The predicted molar refractivity (Wildman–Crippen MR) is 105 cm³/mol. The summed E-state index contributed by atoms with van der Waals surface area (Å²) in [6.45, 7) is 18.9. The maximum absolute atomic E-state index is 12.6. The zero-order valence-electron chi connectivity index (χ0n) is 17.7. The summed E-state index contributed by atoms with van der Waals surface area (Å²) >= 11 is -4.03. The van der Waals surface area contributed by atoms with Gasteiger partial charge in [0.1, 0.15) is 0 Å². The Morgan fingerprint density at radius 3 is 1.20 bits per heavy atom. The van der Waals surface area contributed by atoms with Crippen LogP contribution < -0.4 is 0 Å². The Hall–Kier alpha value is -0.781. The van der Waals surface area contributed by atoms with Crippen LogP contribution in [0.4, 0.5) is 0 Å². The number of hydrogen-bond donors (Lipinski definition) is 0. The molecule has 5 heteroatoms. The van der Waals surface area contributed by atoms with E-state index in [1.165, 1.54) is 0 Å². The van der Waals surface area contributed by atoms with Gasteiger partial charge in [0.15, 0.2) is 0 Å². The van der Waals surface area contributed by atoms with Crippen LogP contribution in [0.25, 0.3) is 0 Å². The average Bonchev–Trinajstić information content (AvgIpc) is 2.40. The minimum atomic E-state index is -4.03. The summed E-state index contributed by atoms with van der Waals surface area (Å²) < 4.78 is 13.1. The monoisotopic (exact) mass is 460 g/mol. The van der Waals surface area contributed by atoms with Crippen LogP contribution in [-0.2, 0) is 15.7 Å². The van der Waals surface area contributed by atoms with E-state index in [9.17, 15) is 9.59 Å². The molecule has 0 amide bonds. The second kappa shape index (κ2) is 9.24.